The van der Waals surface area contributed by atoms with Gasteiger partial charge in [-0.25, -0.2) is 4.68 Å². The van der Waals surface area contributed by atoms with E-state index >= 15 is 0 Å². The van der Waals surface area contributed by atoms with Gasteiger partial charge in [0.25, 0.3) is 0 Å². The van der Waals surface area contributed by atoms with E-state index in [1.165, 1.54) is 11.6 Å². The van der Waals surface area contributed by atoms with Gasteiger partial charge in [0.1, 0.15) is 36.7 Å². The van der Waals surface area contributed by atoms with Gasteiger partial charge >= 0.3 is 0 Å². The van der Waals surface area contributed by atoms with Crippen LogP contribution in [-0.2, 0) is 16.1 Å². The van der Waals surface area contributed by atoms with Crippen molar-refractivity contribution in [1.82, 2.24) is 19.7 Å². The molecule has 1 amide bonds. The Balaban J connectivity index is 1.97. The van der Waals surface area contributed by atoms with E-state index in [1.54, 1.807) is 28.8 Å². The summed E-state index contributed by atoms with van der Waals surface area (Å²) in [6.07, 6.45) is -4.95. The average molecular weight is 487 g/mol. The maximum atomic E-state index is 11.7. The molecule has 12 heteroatoms. The van der Waals surface area contributed by atoms with Crippen molar-refractivity contribution in [3.8, 4) is 5.75 Å². The predicted octanol–water partition coefficient (Wildman–Crippen LogP) is 1.34. The Labute approximate surface area is 195 Å². The van der Waals surface area contributed by atoms with Crippen molar-refractivity contribution in [2.24, 2.45) is 0 Å². The van der Waals surface area contributed by atoms with Crippen molar-refractivity contribution in [3.05, 3.63) is 39.9 Å². The standard InChI is InChI=1S/C20H27ClN4O6S/c1-10(2)24-15(9-30-13-6-4-12(21)5-7-13)23-25(20(24)32)19-16(22-11(3)27)18(29)17(28)14(8-26)31-19/h4-7,10,14,16-19,26,28-29H,8-9H2,1-3H3,(H,22,27)/t14-,16-,17-,18-,19-/m1/s1. The lowest BCUT2D eigenvalue weighted by Crippen LogP contribution is -2.62. The van der Waals surface area contributed by atoms with E-state index in [1.807, 2.05) is 13.8 Å². The molecule has 0 radical (unpaired) electrons. The molecule has 1 aliphatic rings. The van der Waals surface area contributed by atoms with Gasteiger partial charge in [-0.05, 0) is 50.3 Å². The first-order valence-corrected chi connectivity index (χ1v) is 10.9. The third kappa shape index (κ3) is 5.13. The van der Waals surface area contributed by atoms with Crippen LogP contribution in [-0.4, -0.2) is 66.5 Å². The van der Waals surface area contributed by atoms with E-state index in [0.717, 1.165) is 0 Å². The van der Waals surface area contributed by atoms with Gasteiger partial charge in [-0.3, -0.25) is 9.36 Å². The molecule has 5 atom stereocenters. The molecule has 2 aromatic rings. The number of carbonyl (C=O) groups is 1. The lowest BCUT2D eigenvalue weighted by molar-refractivity contribution is -0.219. The van der Waals surface area contributed by atoms with Crippen molar-refractivity contribution in [1.29, 1.82) is 0 Å². The summed E-state index contributed by atoms with van der Waals surface area (Å²) in [5.41, 5.74) is 0. The highest BCUT2D eigenvalue weighted by Crippen LogP contribution is 2.29. The fraction of sp³-hybridized carbons (Fsp3) is 0.550. The summed E-state index contributed by atoms with van der Waals surface area (Å²) in [5.74, 6) is 0.652. The molecule has 0 aliphatic carbocycles. The number of benzene rings is 1. The molecule has 0 unspecified atom stereocenters. The van der Waals surface area contributed by atoms with E-state index in [2.05, 4.69) is 10.4 Å². The van der Waals surface area contributed by atoms with Gasteiger partial charge in [0.15, 0.2) is 12.1 Å². The van der Waals surface area contributed by atoms with Crippen molar-refractivity contribution in [2.75, 3.05) is 6.61 Å². The number of nitrogens with one attached hydrogen (secondary N) is 1. The van der Waals surface area contributed by atoms with Crippen LogP contribution in [0.25, 0.3) is 0 Å². The zero-order chi connectivity index (χ0) is 23.6. The van der Waals surface area contributed by atoms with E-state index in [-0.39, 0.29) is 17.4 Å². The third-order valence-corrected chi connectivity index (χ3v) is 5.75. The summed E-state index contributed by atoms with van der Waals surface area (Å²) in [5, 5.41) is 38.2. The van der Waals surface area contributed by atoms with Gasteiger partial charge in [-0.1, -0.05) is 11.6 Å². The largest absolute Gasteiger partial charge is 0.486 e. The van der Waals surface area contributed by atoms with Crippen LogP contribution in [0.3, 0.4) is 0 Å². The molecule has 10 nitrogen and oxygen atoms in total. The van der Waals surface area contributed by atoms with Crippen LogP contribution in [0.15, 0.2) is 24.3 Å². The summed E-state index contributed by atoms with van der Waals surface area (Å²) in [6, 6.07) is 5.76. The molecular formula is C20H27ClN4O6S. The molecule has 0 spiro atoms. The van der Waals surface area contributed by atoms with Crippen LogP contribution < -0.4 is 10.1 Å². The number of aliphatic hydroxyl groups is 3. The Morgan fingerprint density at radius 1 is 1.31 bits per heavy atom. The quantitative estimate of drug-likeness (QED) is 0.431. The van der Waals surface area contributed by atoms with E-state index < -0.39 is 43.1 Å². The fourth-order valence-electron chi connectivity index (χ4n) is 3.60. The summed E-state index contributed by atoms with van der Waals surface area (Å²) in [7, 11) is 0. The molecule has 4 N–H and O–H groups in total. The monoisotopic (exact) mass is 486 g/mol. The number of aliphatic hydroxyl groups excluding tert-OH is 3. The zero-order valence-electron chi connectivity index (χ0n) is 17.9. The number of rotatable bonds is 7. The predicted molar refractivity (Wildman–Crippen MR) is 118 cm³/mol. The lowest BCUT2D eigenvalue weighted by atomic mass is 9.96. The number of carbonyl (C=O) groups excluding carboxylic acids is 1. The highest BCUT2D eigenvalue weighted by molar-refractivity contribution is 7.71. The van der Waals surface area contributed by atoms with Gasteiger partial charge in [0, 0.05) is 18.0 Å². The molecule has 2 heterocycles. The second-order valence-electron chi connectivity index (χ2n) is 7.80. The fourth-order valence-corrected chi connectivity index (χ4v) is 4.18. The SMILES string of the molecule is CC(=O)N[C@@H]1[C@@H](O)[C@H](O)[C@@H](CO)O[C@H]1n1nc(COc2ccc(Cl)cc2)n(C(C)C)c1=S. The van der Waals surface area contributed by atoms with Crippen LogP contribution in [0.4, 0.5) is 0 Å². The number of halogens is 1. The third-order valence-electron chi connectivity index (χ3n) is 5.11. The minimum Gasteiger partial charge on any atom is -0.486 e. The Morgan fingerprint density at radius 2 is 1.97 bits per heavy atom. The molecule has 32 heavy (non-hydrogen) atoms. The highest BCUT2D eigenvalue weighted by atomic mass is 35.5. The molecule has 3 rings (SSSR count). The van der Waals surface area contributed by atoms with Crippen LogP contribution in [0, 0.1) is 4.77 Å². The van der Waals surface area contributed by atoms with Gasteiger partial charge in [0.05, 0.1) is 6.61 Å². The second kappa shape index (κ2) is 10.3. The summed E-state index contributed by atoms with van der Waals surface area (Å²) >= 11 is 11.5. The van der Waals surface area contributed by atoms with Gasteiger partial charge in [-0.15, -0.1) is 0 Å². The van der Waals surface area contributed by atoms with Gasteiger partial charge in [-0.2, -0.15) is 5.10 Å². The van der Waals surface area contributed by atoms with E-state index in [4.69, 9.17) is 33.3 Å². The van der Waals surface area contributed by atoms with E-state index in [0.29, 0.717) is 16.6 Å². The van der Waals surface area contributed by atoms with Crippen LogP contribution in [0.1, 0.15) is 38.9 Å². The first kappa shape index (κ1) is 24.6. The lowest BCUT2D eigenvalue weighted by Gasteiger charge is -2.42. The van der Waals surface area contributed by atoms with Crippen LogP contribution in [0.5, 0.6) is 5.75 Å². The Bertz CT molecular complexity index is 995. The van der Waals surface area contributed by atoms with Crippen molar-refractivity contribution in [2.45, 2.75) is 64.0 Å². The van der Waals surface area contributed by atoms with Crippen LogP contribution >= 0.6 is 23.8 Å². The molecule has 1 aliphatic heterocycles. The Kier molecular flexibility index (Phi) is 7.91. The number of hydrogen-bond donors (Lipinski definition) is 4. The number of nitrogens with zero attached hydrogens (tertiary/aromatic N) is 3. The highest BCUT2D eigenvalue weighted by Gasteiger charge is 2.46. The summed E-state index contributed by atoms with van der Waals surface area (Å²) < 4.78 is 15.0. The first-order chi connectivity index (χ1) is 15.1. The average Bonchev–Trinajstić information content (AvgIpc) is 3.07. The normalized spacial score (nSPS) is 25.7. The first-order valence-electron chi connectivity index (χ1n) is 10.1. The number of amides is 1. The van der Waals surface area contributed by atoms with Gasteiger partial charge in [0.2, 0.25) is 10.7 Å². The molecule has 1 aromatic carbocycles. The molecule has 0 saturated carbocycles. The number of hydrogen-bond acceptors (Lipinski definition) is 8. The number of ether oxygens (including phenoxy) is 2. The molecule has 176 valence electrons. The maximum Gasteiger partial charge on any atom is 0.217 e. The second-order valence-corrected chi connectivity index (χ2v) is 8.61. The molecule has 1 saturated heterocycles. The van der Waals surface area contributed by atoms with Crippen molar-refractivity contribution in [3.63, 3.8) is 0 Å². The molecular weight excluding hydrogens is 460 g/mol. The zero-order valence-corrected chi connectivity index (χ0v) is 19.5. The van der Waals surface area contributed by atoms with Gasteiger partial charge < -0.3 is 30.1 Å². The molecule has 1 aromatic heterocycles. The Morgan fingerprint density at radius 3 is 2.53 bits per heavy atom. The number of aromatic nitrogens is 3. The summed E-state index contributed by atoms with van der Waals surface area (Å²) in [4.78, 5) is 11.7. The smallest absolute Gasteiger partial charge is 0.217 e. The molecule has 1 fully saturated rings. The maximum absolute atomic E-state index is 11.7. The summed E-state index contributed by atoms with van der Waals surface area (Å²) in [6.45, 7) is 4.69. The minimum absolute atomic E-state index is 0.0768. The Hall–Kier alpha value is -2.02. The molecule has 0 bridgehead atoms. The van der Waals surface area contributed by atoms with Crippen LogP contribution in [0.2, 0.25) is 5.02 Å². The topological polar surface area (TPSA) is 131 Å². The van der Waals surface area contributed by atoms with E-state index in [9.17, 15) is 20.1 Å². The van der Waals surface area contributed by atoms with Crippen molar-refractivity contribution >= 4 is 29.7 Å². The minimum atomic E-state index is -1.41. The van der Waals surface area contributed by atoms with Crippen molar-refractivity contribution < 1.29 is 29.6 Å².